The molecule has 1 aliphatic carbocycles. The molecule has 1 aromatic carbocycles. The number of methoxy groups -OCH3 is 1. The maximum atomic E-state index is 13.6. The van der Waals surface area contributed by atoms with Gasteiger partial charge in [-0.2, -0.15) is 0 Å². The second-order valence-corrected chi connectivity index (χ2v) is 8.78. The average Bonchev–Trinajstić information content (AvgIpc) is 2.72. The van der Waals surface area contributed by atoms with Gasteiger partial charge in [-0.15, -0.1) is 0 Å². The zero-order valence-electron chi connectivity index (χ0n) is 19.2. The van der Waals surface area contributed by atoms with E-state index < -0.39 is 18.9 Å². The number of hydrogen-bond acceptors (Lipinski definition) is 5. The van der Waals surface area contributed by atoms with Crippen LogP contribution >= 0.6 is 0 Å². The Labute approximate surface area is 184 Å². The number of allylic oxidation sites excluding steroid dienone is 2. The Hall–Kier alpha value is -2.58. The van der Waals surface area contributed by atoms with Crippen LogP contribution in [0.3, 0.4) is 0 Å². The number of hydrazine groups is 1. The van der Waals surface area contributed by atoms with E-state index in [9.17, 15) is 19.6 Å². The van der Waals surface area contributed by atoms with Gasteiger partial charge < -0.3 is 14.8 Å². The van der Waals surface area contributed by atoms with Gasteiger partial charge in [-0.25, -0.2) is 5.01 Å². The van der Waals surface area contributed by atoms with Gasteiger partial charge >= 0.3 is 7.12 Å². The van der Waals surface area contributed by atoms with Crippen LogP contribution in [-0.4, -0.2) is 47.1 Å². The van der Waals surface area contributed by atoms with E-state index in [0.29, 0.717) is 18.4 Å². The fourth-order valence-corrected chi connectivity index (χ4v) is 4.03. The summed E-state index contributed by atoms with van der Waals surface area (Å²) in [6.45, 7) is 9.76. The number of nitrogens with zero attached hydrogens (tertiary/aromatic N) is 1. The summed E-state index contributed by atoms with van der Waals surface area (Å²) in [5.41, 5.74) is 3.90. The summed E-state index contributed by atoms with van der Waals surface area (Å²) < 4.78 is 5.39. The zero-order valence-corrected chi connectivity index (χ0v) is 19.2. The van der Waals surface area contributed by atoms with E-state index in [1.54, 1.807) is 19.2 Å². The average molecular weight is 428 g/mol. The third-order valence-electron chi connectivity index (χ3n) is 5.64. The van der Waals surface area contributed by atoms with Gasteiger partial charge in [-0.05, 0) is 42.3 Å². The van der Waals surface area contributed by atoms with Crippen LogP contribution in [0.2, 0.25) is 0 Å². The molecule has 1 atom stereocenters. The predicted octanol–water partition coefficient (Wildman–Crippen LogP) is 2.31. The summed E-state index contributed by atoms with van der Waals surface area (Å²) >= 11 is 0. The van der Waals surface area contributed by atoms with Crippen LogP contribution in [-0.2, 0) is 9.53 Å². The van der Waals surface area contributed by atoms with Crippen molar-refractivity contribution in [1.82, 2.24) is 10.4 Å². The molecular formula is C23H33BN2O5. The van der Waals surface area contributed by atoms with E-state index in [2.05, 4.69) is 5.43 Å². The van der Waals surface area contributed by atoms with Crippen LogP contribution in [0, 0.1) is 5.41 Å². The molecule has 1 aliphatic rings. The number of nitrogens with one attached hydrogen (secondary N) is 1. The monoisotopic (exact) mass is 428 g/mol. The second-order valence-electron chi connectivity index (χ2n) is 8.78. The molecule has 0 saturated carbocycles. The highest BCUT2D eigenvalue weighted by molar-refractivity contribution is 6.60. The minimum atomic E-state index is -1.80. The third kappa shape index (κ3) is 5.57. The van der Waals surface area contributed by atoms with E-state index >= 15 is 0 Å². The molecule has 0 aromatic heterocycles. The summed E-state index contributed by atoms with van der Waals surface area (Å²) in [6, 6.07) is 5.96. The molecule has 0 spiro atoms. The molecule has 0 bridgehead atoms. The van der Waals surface area contributed by atoms with Crippen molar-refractivity contribution in [3.05, 3.63) is 52.8 Å². The summed E-state index contributed by atoms with van der Waals surface area (Å²) in [6.07, 6.45) is 3.84. The predicted molar refractivity (Wildman–Crippen MR) is 121 cm³/mol. The zero-order chi connectivity index (χ0) is 23.3. The van der Waals surface area contributed by atoms with Crippen molar-refractivity contribution >= 4 is 24.4 Å². The number of rotatable bonds is 6. The Morgan fingerprint density at radius 3 is 2.45 bits per heavy atom. The summed E-state index contributed by atoms with van der Waals surface area (Å²) in [7, 11) is -0.220. The Kier molecular flexibility index (Phi) is 8.09. The highest BCUT2D eigenvalue weighted by Gasteiger charge is 2.36. The Morgan fingerprint density at radius 1 is 1.26 bits per heavy atom. The number of carbonyl (C=O) groups excluding carboxylic acids is 2. The molecule has 0 fully saturated rings. The van der Waals surface area contributed by atoms with Gasteiger partial charge in [0.05, 0.1) is 18.9 Å². The summed E-state index contributed by atoms with van der Waals surface area (Å²) in [5.74, 6) is -0.143. The van der Waals surface area contributed by atoms with Crippen LogP contribution < -0.4 is 10.9 Å². The molecular weight excluding hydrogens is 395 g/mol. The number of amides is 2. The minimum Gasteiger partial charge on any atom is -0.501 e. The van der Waals surface area contributed by atoms with Crippen molar-refractivity contribution in [2.24, 2.45) is 5.41 Å². The van der Waals surface area contributed by atoms with E-state index in [-0.39, 0.29) is 22.5 Å². The fraction of sp³-hybridized carbons (Fsp3) is 0.478. The van der Waals surface area contributed by atoms with E-state index in [1.807, 2.05) is 40.7 Å². The van der Waals surface area contributed by atoms with E-state index in [0.717, 1.165) is 17.8 Å². The molecule has 0 saturated heterocycles. The largest absolute Gasteiger partial charge is 0.501 e. The SMILES string of the molecule is CCC(N(NC(=O)C1=CCCC(OC)=C1C)C(=O)c1ccccc1B(O)O)C(C)(C)C. The van der Waals surface area contributed by atoms with Gasteiger partial charge in [0.2, 0.25) is 0 Å². The lowest BCUT2D eigenvalue weighted by Gasteiger charge is -2.40. The molecule has 2 rings (SSSR count). The quantitative estimate of drug-likeness (QED) is 0.477. The normalized spacial score (nSPS) is 15.2. The molecule has 2 amide bonds. The maximum absolute atomic E-state index is 13.6. The van der Waals surface area contributed by atoms with Crippen molar-refractivity contribution in [2.75, 3.05) is 7.11 Å². The first-order chi connectivity index (χ1) is 14.5. The van der Waals surface area contributed by atoms with Crippen LogP contribution in [0.1, 0.15) is 64.2 Å². The fourth-order valence-electron chi connectivity index (χ4n) is 4.03. The standard InChI is InChI=1S/C23H33BN2O5/c1-7-20(23(3,4)5)26(22(28)17-11-8-9-13-18(17)24(29)30)25-21(27)16-12-10-14-19(31-6)15(16)2/h8-9,11-13,20,29-30H,7,10,14H2,1-6H3,(H,25,27). The molecule has 8 heteroatoms. The van der Waals surface area contributed by atoms with Gasteiger partial charge in [-0.3, -0.25) is 15.0 Å². The Morgan fingerprint density at radius 2 is 1.90 bits per heavy atom. The third-order valence-corrected chi connectivity index (χ3v) is 5.64. The van der Waals surface area contributed by atoms with Crippen LogP contribution in [0.5, 0.6) is 0 Å². The van der Waals surface area contributed by atoms with Gasteiger partial charge in [0.15, 0.2) is 0 Å². The molecule has 1 unspecified atom stereocenters. The summed E-state index contributed by atoms with van der Waals surface area (Å²) in [5, 5.41) is 20.8. The summed E-state index contributed by atoms with van der Waals surface area (Å²) in [4.78, 5) is 26.8. The first kappa shape index (κ1) is 24.7. The Bertz CT molecular complexity index is 886. The van der Waals surface area contributed by atoms with Crippen LogP contribution in [0.4, 0.5) is 0 Å². The Balaban J connectivity index is 2.48. The molecule has 0 radical (unpaired) electrons. The highest BCUT2D eigenvalue weighted by atomic mass is 16.5. The molecule has 31 heavy (non-hydrogen) atoms. The number of ether oxygens (including phenoxy) is 1. The lowest BCUT2D eigenvalue weighted by atomic mass is 9.76. The highest BCUT2D eigenvalue weighted by Crippen LogP contribution is 2.29. The lowest BCUT2D eigenvalue weighted by molar-refractivity contribution is -0.122. The lowest BCUT2D eigenvalue weighted by Crippen LogP contribution is -2.57. The van der Waals surface area contributed by atoms with E-state index in [1.165, 1.54) is 17.1 Å². The van der Waals surface area contributed by atoms with Crippen molar-refractivity contribution in [2.45, 2.75) is 59.9 Å². The van der Waals surface area contributed by atoms with Crippen molar-refractivity contribution < 1.29 is 24.4 Å². The van der Waals surface area contributed by atoms with E-state index in [4.69, 9.17) is 4.74 Å². The van der Waals surface area contributed by atoms with Crippen LogP contribution in [0.25, 0.3) is 0 Å². The van der Waals surface area contributed by atoms with Crippen LogP contribution in [0.15, 0.2) is 47.2 Å². The number of carbonyl (C=O) groups is 2. The second kappa shape index (κ2) is 10.2. The van der Waals surface area contributed by atoms with Gasteiger partial charge in [-0.1, -0.05) is 52.0 Å². The number of hydrogen-bond donors (Lipinski definition) is 3. The molecule has 3 N–H and O–H groups in total. The molecule has 1 aromatic rings. The molecule has 7 nitrogen and oxygen atoms in total. The van der Waals surface area contributed by atoms with Gasteiger partial charge in [0.25, 0.3) is 11.8 Å². The smallest absolute Gasteiger partial charge is 0.489 e. The minimum absolute atomic E-state index is 0.0881. The molecule has 168 valence electrons. The van der Waals surface area contributed by atoms with Gasteiger partial charge in [0.1, 0.15) is 0 Å². The first-order valence-corrected chi connectivity index (χ1v) is 10.6. The topological polar surface area (TPSA) is 99.1 Å². The van der Waals surface area contributed by atoms with Gasteiger partial charge in [0, 0.05) is 17.6 Å². The number of benzene rings is 1. The van der Waals surface area contributed by atoms with Crippen molar-refractivity contribution in [3.63, 3.8) is 0 Å². The molecule has 0 heterocycles. The first-order valence-electron chi connectivity index (χ1n) is 10.6. The maximum Gasteiger partial charge on any atom is 0.489 e. The van der Waals surface area contributed by atoms with Crippen molar-refractivity contribution in [3.8, 4) is 0 Å². The molecule has 0 aliphatic heterocycles. The van der Waals surface area contributed by atoms with Crippen molar-refractivity contribution in [1.29, 1.82) is 0 Å².